The van der Waals surface area contributed by atoms with Crippen molar-refractivity contribution in [1.82, 2.24) is 19.6 Å². The highest BCUT2D eigenvalue weighted by Crippen LogP contribution is 2.36. The summed E-state index contributed by atoms with van der Waals surface area (Å²) in [6.07, 6.45) is -4.40. The molecule has 1 aromatic carbocycles. The quantitative estimate of drug-likeness (QED) is 0.366. The zero-order valence-electron chi connectivity index (χ0n) is 18.3. The summed E-state index contributed by atoms with van der Waals surface area (Å²) in [6, 6.07) is 10.9. The number of aryl methyl sites for hydroxylation is 1. The molecule has 4 aromatic rings. The van der Waals surface area contributed by atoms with Gasteiger partial charge in [-0.05, 0) is 31.2 Å². The van der Waals surface area contributed by atoms with Crippen LogP contribution in [0.15, 0.2) is 54.7 Å². The first kappa shape index (κ1) is 24.1. The Morgan fingerprint density at radius 2 is 1.97 bits per heavy atom. The summed E-state index contributed by atoms with van der Waals surface area (Å²) in [4.78, 5) is 21.2. The third kappa shape index (κ3) is 5.39. The van der Waals surface area contributed by atoms with E-state index in [1.807, 2.05) is 0 Å². The van der Waals surface area contributed by atoms with E-state index in [9.17, 15) is 23.1 Å². The molecule has 9 nitrogen and oxygen atoms in total. The number of ether oxygens (including phenoxy) is 1. The lowest BCUT2D eigenvalue weighted by Crippen LogP contribution is -2.22. The number of pyridine rings is 1. The van der Waals surface area contributed by atoms with Gasteiger partial charge in [0.2, 0.25) is 5.88 Å². The average Bonchev–Trinajstić information content (AvgIpc) is 3.25. The predicted molar refractivity (Wildman–Crippen MR) is 119 cm³/mol. The molecule has 4 rings (SSSR count). The Morgan fingerprint density at radius 3 is 2.71 bits per heavy atom. The molecule has 0 fully saturated rings. The molecule has 0 aliphatic carbocycles. The Morgan fingerprint density at radius 1 is 1.20 bits per heavy atom. The minimum absolute atomic E-state index is 0.000948. The van der Waals surface area contributed by atoms with Gasteiger partial charge >= 0.3 is 6.18 Å². The number of aliphatic hydroxyl groups is 2. The summed E-state index contributed by atoms with van der Waals surface area (Å²) in [5.74, 6) is -0.492. The zero-order valence-corrected chi connectivity index (χ0v) is 18.3. The first-order chi connectivity index (χ1) is 16.7. The first-order valence-electron chi connectivity index (χ1n) is 10.4. The molecular formula is C23H20F3N5O4. The first-order valence-corrected chi connectivity index (χ1v) is 10.4. The standard InChI is InChI=1S/C23H20F3N5O4/c1-13-8-14(9-21(28-13)35-12-15(33)11-32)29-22(34)19-10-27-20-7-6-18(30-31(19)20)16-4-2-3-5-17(16)23(24,25)26/h2-10,15,32-33H,11-12H2,1H3,(H,28,29,34). The van der Waals surface area contributed by atoms with E-state index in [0.29, 0.717) is 11.4 Å². The highest BCUT2D eigenvalue weighted by Gasteiger charge is 2.33. The highest BCUT2D eigenvalue weighted by molar-refractivity contribution is 6.03. The average molecular weight is 487 g/mol. The molecule has 0 saturated carbocycles. The van der Waals surface area contributed by atoms with Gasteiger partial charge in [-0.15, -0.1) is 0 Å². The number of rotatable bonds is 7. The number of aliphatic hydroxyl groups excluding tert-OH is 2. The second-order valence-electron chi connectivity index (χ2n) is 7.61. The SMILES string of the molecule is Cc1cc(NC(=O)c2cnc3ccc(-c4ccccc4C(F)(F)F)nn23)cc(OCC(O)CO)n1. The van der Waals surface area contributed by atoms with E-state index in [2.05, 4.69) is 20.4 Å². The number of nitrogens with zero attached hydrogens (tertiary/aromatic N) is 4. The van der Waals surface area contributed by atoms with Gasteiger partial charge in [0.1, 0.15) is 12.7 Å². The van der Waals surface area contributed by atoms with E-state index in [1.54, 1.807) is 13.0 Å². The van der Waals surface area contributed by atoms with Crippen molar-refractivity contribution in [3.63, 3.8) is 0 Å². The van der Waals surface area contributed by atoms with Crippen LogP contribution in [-0.4, -0.2) is 55.0 Å². The van der Waals surface area contributed by atoms with Crippen LogP contribution in [0.25, 0.3) is 16.9 Å². The zero-order chi connectivity index (χ0) is 25.2. The molecule has 182 valence electrons. The van der Waals surface area contributed by atoms with Gasteiger partial charge < -0.3 is 20.3 Å². The molecule has 0 radical (unpaired) electrons. The van der Waals surface area contributed by atoms with Crippen molar-refractivity contribution in [3.05, 3.63) is 71.7 Å². The van der Waals surface area contributed by atoms with Gasteiger partial charge in [-0.1, -0.05) is 18.2 Å². The molecule has 12 heteroatoms. The Labute approximate surface area is 196 Å². The predicted octanol–water partition coefficient (Wildman–Crippen LogP) is 3.10. The Bertz CT molecular complexity index is 1370. The van der Waals surface area contributed by atoms with Crippen LogP contribution in [0, 0.1) is 6.92 Å². The van der Waals surface area contributed by atoms with E-state index in [4.69, 9.17) is 9.84 Å². The van der Waals surface area contributed by atoms with E-state index >= 15 is 0 Å². The molecule has 0 bridgehead atoms. The topological polar surface area (TPSA) is 122 Å². The fourth-order valence-electron chi connectivity index (χ4n) is 3.34. The number of amides is 1. The molecule has 0 aliphatic heterocycles. The number of fused-ring (bicyclic) bond motifs is 1. The molecule has 1 amide bonds. The second kappa shape index (κ2) is 9.68. The van der Waals surface area contributed by atoms with Gasteiger partial charge in [0, 0.05) is 23.0 Å². The number of alkyl halides is 3. The molecule has 3 N–H and O–H groups in total. The number of benzene rings is 1. The van der Waals surface area contributed by atoms with Crippen molar-refractivity contribution >= 4 is 17.2 Å². The number of carbonyl (C=O) groups excluding carboxylic acids is 1. The van der Waals surface area contributed by atoms with E-state index < -0.39 is 30.4 Å². The van der Waals surface area contributed by atoms with Crippen molar-refractivity contribution in [2.45, 2.75) is 19.2 Å². The molecule has 3 aromatic heterocycles. The molecule has 35 heavy (non-hydrogen) atoms. The van der Waals surface area contributed by atoms with Gasteiger partial charge in [-0.3, -0.25) is 4.79 Å². The second-order valence-corrected chi connectivity index (χ2v) is 7.61. The number of hydrogen-bond acceptors (Lipinski definition) is 7. The Kier molecular flexibility index (Phi) is 6.67. The van der Waals surface area contributed by atoms with Gasteiger partial charge in [-0.25, -0.2) is 14.5 Å². The number of halogens is 3. The van der Waals surface area contributed by atoms with Crippen LogP contribution >= 0.6 is 0 Å². The van der Waals surface area contributed by atoms with Crippen LogP contribution in [0.5, 0.6) is 5.88 Å². The van der Waals surface area contributed by atoms with Gasteiger partial charge in [0.25, 0.3) is 5.91 Å². The number of hydrogen-bond donors (Lipinski definition) is 3. The van der Waals surface area contributed by atoms with E-state index in [0.717, 1.165) is 6.07 Å². The molecule has 1 unspecified atom stereocenters. The van der Waals surface area contributed by atoms with Crippen molar-refractivity contribution in [2.24, 2.45) is 0 Å². The largest absolute Gasteiger partial charge is 0.475 e. The summed E-state index contributed by atoms with van der Waals surface area (Å²) < 4.78 is 46.9. The van der Waals surface area contributed by atoms with Crippen LogP contribution in [0.2, 0.25) is 0 Å². The minimum Gasteiger partial charge on any atom is -0.475 e. The fraction of sp³-hybridized carbons (Fsp3) is 0.217. The molecule has 0 saturated heterocycles. The monoisotopic (exact) mass is 487 g/mol. The number of anilines is 1. The van der Waals surface area contributed by atoms with Crippen molar-refractivity contribution < 1.29 is 32.9 Å². The summed E-state index contributed by atoms with van der Waals surface area (Å²) in [6.45, 7) is 0.997. The highest BCUT2D eigenvalue weighted by atomic mass is 19.4. The third-order valence-electron chi connectivity index (χ3n) is 4.93. The van der Waals surface area contributed by atoms with Crippen LogP contribution < -0.4 is 10.1 Å². The lowest BCUT2D eigenvalue weighted by molar-refractivity contribution is -0.137. The van der Waals surface area contributed by atoms with Crippen LogP contribution in [0.3, 0.4) is 0 Å². The summed E-state index contributed by atoms with van der Waals surface area (Å²) in [5, 5.41) is 25.2. The van der Waals surface area contributed by atoms with Crippen LogP contribution in [0.4, 0.5) is 18.9 Å². The molecule has 1 atom stereocenters. The van der Waals surface area contributed by atoms with E-state index in [1.165, 1.54) is 47.1 Å². The molecule has 3 heterocycles. The smallest absolute Gasteiger partial charge is 0.417 e. The normalized spacial score (nSPS) is 12.5. The maximum atomic E-state index is 13.5. The third-order valence-corrected chi connectivity index (χ3v) is 4.93. The van der Waals surface area contributed by atoms with Crippen LogP contribution in [0.1, 0.15) is 21.7 Å². The number of carbonyl (C=O) groups is 1. The number of aromatic nitrogens is 4. The van der Waals surface area contributed by atoms with Gasteiger partial charge in [0.15, 0.2) is 11.3 Å². The lowest BCUT2D eigenvalue weighted by Gasteiger charge is -2.13. The maximum absolute atomic E-state index is 13.5. The molecule has 0 spiro atoms. The van der Waals surface area contributed by atoms with Crippen molar-refractivity contribution in [2.75, 3.05) is 18.5 Å². The van der Waals surface area contributed by atoms with Crippen molar-refractivity contribution in [1.29, 1.82) is 0 Å². The van der Waals surface area contributed by atoms with Gasteiger partial charge in [-0.2, -0.15) is 18.3 Å². The maximum Gasteiger partial charge on any atom is 0.417 e. The Balaban J connectivity index is 1.63. The van der Waals surface area contributed by atoms with Crippen molar-refractivity contribution in [3.8, 4) is 17.1 Å². The summed E-state index contributed by atoms with van der Waals surface area (Å²) in [5.41, 5.74) is 0.163. The van der Waals surface area contributed by atoms with Crippen LogP contribution in [-0.2, 0) is 6.18 Å². The lowest BCUT2D eigenvalue weighted by atomic mass is 10.0. The molecule has 0 aliphatic rings. The minimum atomic E-state index is -4.57. The Hall–Kier alpha value is -4.03. The fourth-order valence-corrected chi connectivity index (χ4v) is 3.34. The van der Waals surface area contributed by atoms with E-state index in [-0.39, 0.29) is 35.1 Å². The number of nitrogens with one attached hydrogen (secondary N) is 1. The van der Waals surface area contributed by atoms with Gasteiger partial charge in [0.05, 0.1) is 24.1 Å². The summed E-state index contributed by atoms with van der Waals surface area (Å²) >= 11 is 0. The summed E-state index contributed by atoms with van der Waals surface area (Å²) in [7, 11) is 0. The number of imidazole rings is 1. The molecular weight excluding hydrogens is 467 g/mol.